The molecule has 1 aromatic carbocycles. The molecular formula is C21H26O7. The summed E-state index contributed by atoms with van der Waals surface area (Å²) >= 11 is 0. The topological polar surface area (TPSA) is 102 Å². The smallest absolute Gasteiger partial charge is 0.318 e. The summed E-state index contributed by atoms with van der Waals surface area (Å²) < 4.78 is 16.2. The van der Waals surface area contributed by atoms with Crippen molar-refractivity contribution in [3.8, 4) is 11.5 Å². The third-order valence-corrected chi connectivity index (χ3v) is 6.38. The number of aliphatic hydroxyl groups is 1. The minimum absolute atomic E-state index is 0.358. The Morgan fingerprint density at radius 1 is 1.11 bits per heavy atom. The third-order valence-electron chi connectivity index (χ3n) is 6.38. The first-order valence-corrected chi connectivity index (χ1v) is 9.17. The Morgan fingerprint density at radius 3 is 2.14 bits per heavy atom. The normalized spacial score (nSPS) is 31.5. The summed E-state index contributed by atoms with van der Waals surface area (Å²) in [6.45, 7) is 4.70. The van der Waals surface area contributed by atoms with Crippen LogP contribution in [0.5, 0.6) is 11.5 Å². The highest BCUT2D eigenvalue weighted by Gasteiger charge is 2.67. The fourth-order valence-electron chi connectivity index (χ4n) is 4.98. The lowest BCUT2D eigenvalue weighted by atomic mass is 9.64. The second-order valence-electron chi connectivity index (χ2n) is 7.56. The second kappa shape index (κ2) is 7.13. The molecule has 0 amide bonds. The second-order valence-corrected chi connectivity index (χ2v) is 7.56. The summed E-state index contributed by atoms with van der Waals surface area (Å²) in [4.78, 5) is 24.5. The molecule has 28 heavy (non-hydrogen) atoms. The molecule has 3 rings (SSSR count). The predicted octanol–water partition coefficient (Wildman–Crippen LogP) is 2.52. The van der Waals surface area contributed by atoms with Gasteiger partial charge in [0.05, 0.1) is 20.3 Å². The maximum atomic E-state index is 12.7. The van der Waals surface area contributed by atoms with E-state index < -0.39 is 41.4 Å². The van der Waals surface area contributed by atoms with Gasteiger partial charge in [-0.2, -0.15) is 0 Å². The van der Waals surface area contributed by atoms with Crippen LogP contribution in [0.15, 0.2) is 29.3 Å². The number of hydrogen-bond donors (Lipinski definition) is 2. The van der Waals surface area contributed by atoms with Crippen molar-refractivity contribution in [2.24, 2.45) is 11.3 Å². The molecule has 5 atom stereocenters. The van der Waals surface area contributed by atoms with Gasteiger partial charge < -0.3 is 24.4 Å². The van der Waals surface area contributed by atoms with Gasteiger partial charge in [-0.3, -0.25) is 9.59 Å². The van der Waals surface area contributed by atoms with E-state index in [1.54, 1.807) is 32.0 Å². The van der Waals surface area contributed by atoms with Crippen molar-refractivity contribution in [3.63, 3.8) is 0 Å². The Hall–Kier alpha value is -2.54. The molecule has 152 valence electrons. The fraction of sp³-hybridized carbons (Fsp3) is 0.524. The van der Waals surface area contributed by atoms with Crippen LogP contribution in [0.3, 0.4) is 0 Å². The molecule has 7 nitrogen and oxygen atoms in total. The van der Waals surface area contributed by atoms with Gasteiger partial charge in [0.1, 0.15) is 23.0 Å². The Morgan fingerprint density at radius 2 is 1.68 bits per heavy atom. The molecule has 1 fully saturated rings. The van der Waals surface area contributed by atoms with Crippen LogP contribution in [0.4, 0.5) is 0 Å². The lowest BCUT2D eigenvalue weighted by molar-refractivity contribution is -0.168. The Balaban J connectivity index is 2.26. The molecule has 0 heterocycles. The minimum Gasteiger partial charge on any atom is -0.497 e. The van der Waals surface area contributed by atoms with Gasteiger partial charge in [0, 0.05) is 24.8 Å². The van der Waals surface area contributed by atoms with Gasteiger partial charge in [0.2, 0.25) is 0 Å². The standard InChI is InChI=1S/C21H26O7/c1-10-11(2)21(20(24)25)17(9-16(18(10)23)19(21)28-12(3)22)13-6-14(26-4)8-15(7-13)27-5/h6-8,16-19,23H,9H2,1-5H3,(H,24,25). The molecule has 5 unspecified atom stereocenters. The fourth-order valence-corrected chi connectivity index (χ4v) is 4.98. The van der Waals surface area contributed by atoms with Gasteiger partial charge in [-0.25, -0.2) is 0 Å². The number of esters is 1. The van der Waals surface area contributed by atoms with E-state index in [9.17, 15) is 19.8 Å². The van der Waals surface area contributed by atoms with Crippen LogP contribution < -0.4 is 9.47 Å². The first kappa shape index (κ1) is 20.2. The van der Waals surface area contributed by atoms with Crippen molar-refractivity contribution in [1.82, 2.24) is 0 Å². The first-order valence-electron chi connectivity index (χ1n) is 9.17. The minimum atomic E-state index is -1.46. The van der Waals surface area contributed by atoms with Gasteiger partial charge in [0.15, 0.2) is 0 Å². The molecule has 2 bridgehead atoms. The summed E-state index contributed by atoms with van der Waals surface area (Å²) in [6.07, 6.45) is -1.46. The van der Waals surface area contributed by atoms with Crippen LogP contribution in [-0.4, -0.2) is 48.6 Å². The maximum absolute atomic E-state index is 12.7. The molecule has 2 aliphatic carbocycles. The number of hydrogen-bond acceptors (Lipinski definition) is 6. The zero-order valence-corrected chi connectivity index (χ0v) is 16.7. The molecule has 7 heteroatoms. The van der Waals surface area contributed by atoms with E-state index in [0.717, 1.165) is 0 Å². The molecule has 0 saturated heterocycles. The van der Waals surface area contributed by atoms with E-state index in [1.807, 2.05) is 0 Å². The molecule has 1 saturated carbocycles. The van der Waals surface area contributed by atoms with E-state index in [2.05, 4.69) is 0 Å². The molecule has 0 spiro atoms. The summed E-state index contributed by atoms with van der Waals surface area (Å²) in [5, 5.41) is 21.2. The van der Waals surface area contributed by atoms with Crippen molar-refractivity contribution in [2.45, 2.75) is 45.3 Å². The van der Waals surface area contributed by atoms with Gasteiger partial charge in [-0.05, 0) is 43.5 Å². The van der Waals surface area contributed by atoms with E-state index in [1.165, 1.54) is 21.1 Å². The number of fused-ring (bicyclic) bond motifs is 2. The maximum Gasteiger partial charge on any atom is 0.318 e. The number of aliphatic hydroxyl groups excluding tert-OH is 1. The average molecular weight is 390 g/mol. The number of aliphatic carboxylic acids is 1. The quantitative estimate of drug-likeness (QED) is 0.588. The SMILES string of the molecule is COc1cc(OC)cc(C2CC3C(O)C(C)=C(C)C2(C(=O)O)C3OC(C)=O)c1. The highest BCUT2D eigenvalue weighted by molar-refractivity contribution is 5.84. The van der Waals surface area contributed by atoms with Crippen LogP contribution in [0, 0.1) is 11.3 Å². The van der Waals surface area contributed by atoms with Gasteiger partial charge in [0.25, 0.3) is 0 Å². The van der Waals surface area contributed by atoms with Crippen LogP contribution in [0.2, 0.25) is 0 Å². The third kappa shape index (κ3) is 2.76. The van der Waals surface area contributed by atoms with E-state index >= 15 is 0 Å². The lowest BCUT2D eigenvalue weighted by Gasteiger charge is -2.43. The number of methoxy groups -OCH3 is 2. The number of carboxylic acid groups (broad SMARTS) is 1. The Bertz CT molecular complexity index is 821. The summed E-state index contributed by atoms with van der Waals surface area (Å²) in [5.41, 5.74) is 0.392. The monoisotopic (exact) mass is 390 g/mol. The Labute approximate surface area is 163 Å². The van der Waals surface area contributed by atoms with Gasteiger partial charge in [-0.15, -0.1) is 0 Å². The van der Waals surface area contributed by atoms with E-state index in [-0.39, 0.29) is 0 Å². The van der Waals surface area contributed by atoms with Crippen LogP contribution in [0.25, 0.3) is 0 Å². The largest absolute Gasteiger partial charge is 0.497 e. The predicted molar refractivity (Wildman–Crippen MR) is 100 cm³/mol. The number of carbonyl (C=O) groups is 2. The van der Waals surface area contributed by atoms with E-state index in [4.69, 9.17) is 14.2 Å². The van der Waals surface area contributed by atoms with E-state index in [0.29, 0.717) is 34.6 Å². The van der Waals surface area contributed by atoms with Crippen molar-refractivity contribution >= 4 is 11.9 Å². The molecule has 0 radical (unpaired) electrons. The van der Waals surface area contributed by atoms with Crippen LogP contribution >= 0.6 is 0 Å². The van der Waals surface area contributed by atoms with Crippen molar-refractivity contribution in [1.29, 1.82) is 0 Å². The Kier molecular flexibility index (Phi) is 5.14. The lowest BCUT2D eigenvalue weighted by Crippen LogP contribution is -2.52. The molecule has 1 aromatic rings. The van der Waals surface area contributed by atoms with Crippen molar-refractivity contribution in [2.75, 3.05) is 14.2 Å². The zero-order chi connectivity index (χ0) is 20.8. The highest BCUT2D eigenvalue weighted by atomic mass is 16.5. The number of benzene rings is 1. The molecule has 2 N–H and O–H groups in total. The summed E-state index contributed by atoms with van der Waals surface area (Å²) in [6, 6.07) is 5.27. The van der Waals surface area contributed by atoms with Crippen LogP contribution in [-0.2, 0) is 14.3 Å². The molecule has 0 aliphatic heterocycles. The number of rotatable bonds is 5. The van der Waals surface area contributed by atoms with Gasteiger partial charge >= 0.3 is 11.9 Å². The average Bonchev–Trinajstić information content (AvgIpc) is 2.96. The summed E-state index contributed by atoms with van der Waals surface area (Å²) in [7, 11) is 3.05. The van der Waals surface area contributed by atoms with Crippen molar-refractivity contribution < 1.29 is 34.0 Å². The summed E-state index contributed by atoms with van der Waals surface area (Å²) in [5.74, 6) is -1.58. The highest BCUT2D eigenvalue weighted by Crippen LogP contribution is 2.62. The number of carboxylic acids is 1. The van der Waals surface area contributed by atoms with Gasteiger partial charge in [-0.1, -0.05) is 5.57 Å². The number of carbonyl (C=O) groups excluding carboxylic acids is 1. The van der Waals surface area contributed by atoms with Crippen LogP contribution in [0.1, 0.15) is 38.7 Å². The molecule has 2 aliphatic rings. The zero-order valence-electron chi connectivity index (χ0n) is 16.7. The van der Waals surface area contributed by atoms with Crippen molar-refractivity contribution in [3.05, 3.63) is 34.9 Å². The first-order chi connectivity index (χ1) is 13.2. The molecular weight excluding hydrogens is 364 g/mol. The molecule has 0 aromatic heterocycles. The number of ether oxygens (including phenoxy) is 3.